The van der Waals surface area contributed by atoms with E-state index in [1.165, 1.54) is 11.3 Å². The van der Waals surface area contributed by atoms with E-state index in [2.05, 4.69) is 10.3 Å². The van der Waals surface area contributed by atoms with Crippen LogP contribution in [0.5, 0.6) is 11.5 Å². The maximum absolute atomic E-state index is 5.88. The van der Waals surface area contributed by atoms with Gasteiger partial charge in [0.1, 0.15) is 0 Å². The number of ether oxygens (including phenoxy) is 2. The van der Waals surface area contributed by atoms with Crippen LogP contribution in [0.4, 0.5) is 10.8 Å². The zero-order valence-corrected chi connectivity index (χ0v) is 15.7. The van der Waals surface area contributed by atoms with Crippen molar-refractivity contribution in [3.63, 3.8) is 0 Å². The number of nitrogens with one attached hydrogen (secondary N) is 1. The lowest BCUT2D eigenvalue weighted by Gasteiger charge is -2.11. The second-order valence-electron chi connectivity index (χ2n) is 5.31. The van der Waals surface area contributed by atoms with Gasteiger partial charge in [-0.2, -0.15) is 0 Å². The van der Waals surface area contributed by atoms with Crippen molar-refractivity contribution in [3.05, 3.63) is 53.4 Å². The van der Waals surface area contributed by atoms with Crippen LogP contribution in [0.25, 0.3) is 11.3 Å². The standard InChI is InChI=1S/C17H11Cl3N2O2S/c18-17(19,20)11-3-1-10(2-4-11)13-8-25-16(22-13)21-12-5-6-14-15(7-12)24-9-23-14/h1-8H,9H2,(H,21,22). The second kappa shape index (κ2) is 6.57. The Labute approximate surface area is 163 Å². The molecular weight excluding hydrogens is 403 g/mol. The molecule has 0 radical (unpaired) electrons. The van der Waals surface area contributed by atoms with Crippen molar-refractivity contribution in [1.82, 2.24) is 4.98 Å². The molecule has 0 bridgehead atoms. The first-order valence-electron chi connectivity index (χ1n) is 7.29. The SMILES string of the molecule is ClC(Cl)(Cl)c1ccc(-c2csc(Nc3ccc4c(c3)OCO4)n2)cc1. The molecule has 128 valence electrons. The fraction of sp³-hybridized carbons (Fsp3) is 0.118. The van der Waals surface area contributed by atoms with Gasteiger partial charge in [-0.1, -0.05) is 59.1 Å². The number of rotatable bonds is 3. The van der Waals surface area contributed by atoms with E-state index in [1.54, 1.807) is 12.1 Å². The number of hydrogen-bond donors (Lipinski definition) is 1. The van der Waals surface area contributed by atoms with Crippen LogP contribution in [0.1, 0.15) is 5.56 Å². The Morgan fingerprint density at radius 1 is 1.00 bits per heavy atom. The monoisotopic (exact) mass is 412 g/mol. The molecular formula is C17H11Cl3N2O2S. The number of fused-ring (bicyclic) bond motifs is 1. The van der Waals surface area contributed by atoms with Gasteiger partial charge in [0, 0.05) is 28.3 Å². The van der Waals surface area contributed by atoms with E-state index in [0.717, 1.165) is 33.6 Å². The smallest absolute Gasteiger partial charge is 0.231 e. The van der Waals surface area contributed by atoms with Crippen LogP contribution < -0.4 is 14.8 Å². The average Bonchev–Trinajstić information content (AvgIpc) is 3.23. The maximum Gasteiger partial charge on any atom is 0.231 e. The molecule has 0 amide bonds. The lowest BCUT2D eigenvalue weighted by Crippen LogP contribution is -1.99. The number of thiazole rings is 1. The molecule has 2 heterocycles. The van der Waals surface area contributed by atoms with Crippen molar-refractivity contribution in [1.29, 1.82) is 0 Å². The van der Waals surface area contributed by atoms with Crippen LogP contribution >= 0.6 is 46.1 Å². The average molecular weight is 414 g/mol. The molecule has 0 saturated carbocycles. The summed E-state index contributed by atoms with van der Waals surface area (Å²) < 4.78 is 9.26. The molecule has 1 aliphatic heterocycles. The summed E-state index contributed by atoms with van der Waals surface area (Å²) in [6.07, 6.45) is 0. The molecule has 1 aromatic heterocycles. The fourth-order valence-electron chi connectivity index (χ4n) is 2.39. The topological polar surface area (TPSA) is 43.4 Å². The molecule has 0 spiro atoms. The van der Waals surface area contributed by atoms with Crippen LogP contribution in [0, 0.1) is 0 Å². The highest BCUT2D eigenvalue weighted by atomic mass is 35.6. The highest BCUT2D eigenvalue weighted by Gasteiger charge is 2.22. The second-order valence-corrected chi connectivity index (χ2v) is 8.45. The minimum atomic E-state index is -1.42. The Kier molecular flexibility index (Phi) is 4.41. The van der Waals surface area contributed by atoms with Gasteiger partial charge in [0.2, 0.25) is 10.6 Å². The van der Waals surface area contributed by atoms with Crippen LogP contribution in [-0.2, 0) is 3.79 Å². The maximum atomic E-state index is 5.88. The Morgan fingerprint density at radius 2 is 1.76 bits per heavy atom. The first-order chi connectivity index (χ1) is 12.0. The predicted molar refractivity (Wildman–Crippen MR) is 103 cm³/mol. The molecule has 1 aliphatic rings. The van der Waals surface area contributed by atoms with Gasteiger partial charge in [0.05, 0.1) is 5.69 Å². The lowest BCUT2D eigenvalue weighted by atomic mass is 10.1. The van der Waals surface area contributed by atoms with Gasteiger partial charge in [0.15, 0.2) is 16.6 Å². The summed E-state index contributed by atoms with van der Waals surface area (Å²) in [5, 5.41) is 6.02. The number of anilines is 2. The quantitative estimate of drug-likeness (QED) is 0.526. The highest BCUT2D eigenvalue weighted by molar-refractivity contribution is 7.14. The van der Waals surface area contributed by atoms with Crippen molar-refractivity contribution >= 4 is 57.0 Å². The summed E-state index contributed by atoms with van der Waals surface area (Å²) in [6.45, 7) is 0.254. The van der Waals surface area contributed by atoms with Gasteiger partial charge in [-0.05, 0) is 12.1 Å². The van der Waals surface area contributed by atoms with Crippen molar-refractivity contribution in [2.45, 2.75) is 3.79 Å². The third-order valence-electron chi connectivity index (χ3n) is 3.64. The van der Waals surface area contributed by atoms with Crippen LogP contribution in [-0.4, -0.2) is 11.8 Å². The van der Waals surface area contributed by atoms with E-state index in [1.807, 2.05) is 35.7 Å². The van der Waals surface area contributed by atoms with Gasteiger partial charge >= 0.3 is 0 Å². The molecule has 0 saturated heterocycles. The van der Waals surface area contributed by atoms with E-state index >= 15 is 0 Å². The normalized spacial score (nSPS) is 13.1. The molecule has 4 rings (SSSR count). The van der Waals surface area contributed by atoms with Crippen molar-refractivity contribution in [3.8, 4) is 22.8 Å². The van der Waals surface area contributed by atoms with E-state index in [-0.39, 0.29) is 6.79 Å². The molecule has 1 N–H and O–H groups in total. The van der Waals surface area contributed by atoms with Gasteiger partial charge in [-0.3, -0.25) is 0 Å². The Morgan fingerprint density at radius 3 is 2.52 bits per heavy atom. The summed E-state index contributed by atoms with van der Waals surface area (Å²) >= 11 is 19.1. The number of nitrogens with zero attached hydrogens (tertiary/aromatic N) is 1. The predicted octanol–water partition coefficient (Wildman–Crippen LogP) is 6.11. The minimum Gasteiger partial charge on any atom is -0.454 e. The molecule has 0 unspecified atom stereocenters. The molecule has 25 heavy (non-hydrogen) atoms. The van der Waals surface area contributed by atoms with Crippen LogP contribution in [0.15, 0.2) is 47.8 Å². The molecule has 0 aliphatic carbocycles. The van der Waals surface area contributed by atoms with Gasteiger partial charge in [-0.25, -0.2) is 4.98 Å². The zero-order chi connectivity index (χ0) is 17.4. The number of alkyl halides is 3. The summed E-state index contributed by atoms with van der Waals surface area (Å²) in [6, 6.07) is 13.0. The Hall–Kier alpha value is -1.66. The minimum absolute atomic E-state index is 0.254. The van der Waals surface area contributed by atoms with Crippen molar-refractivity contribution < 1.29 is 9.47 Å². The lowest BCUT2D eigenvalue weighted by molar-refractivity contribution is 0.174. The van der Waals surface area contributed by atoms with Gasteiger partial charge in [0.25, 0.3) is 0 Å². The van der Waals surface area contributed by atoms with Crippen molar-refractivity contribution in [2.24, 2.45) is 0 Å². The number of aromatic nitrogens is 1. The first-order valence-corrected chi connectivity index (χ1v) is 9.30. The number of hydrogen-bond acceptors (Lipinski definition) is 5. The summed E-state index contributed by atoms with van der Waals surface area (Å²) in [4.78, 5) is 4.60. The van der Waals surface area contributed by atoms with Crippen molar-refractivity contribution in [2.75, 3.05) is 12.1 Å². The third kappa shape index (κ3) is 3.65. The summed E-state index contributed by atoms with van der Waals surface area (Å²) in [5.74, 6) is 1.48. The Balaban J connectivity index is 1.52. The van der Waals surface area contributed by atoms with E-state index in [9.17, 15) is 0 Å². The number of halogens is 3. The third-order valence-corrected chi connectivity index (χ3v) is 5.05. The van der Waals surface area contributed by atoms with E-state index in [4.69, 9.17) is 44.3 Å². The fourth-order valence-corrected chi connectivity index (χ4v) is 3.51. The summed E-state index contributed by atoms with van der Waals surface area (Å²) in [5.41, 5.74) is 3.31. The molecule has 3 aromatic rings. The summed E-state index contributed by atoms with van der Waals surface area (Å²) in [7, 11) is 0. The molecule has 0 atom stereocenters. The van der Waals surface area contributed by atoms with Crippen LogP contribution in [0.3, 0.4) is 0 Å². The Bertz CT molecular complexity index is 907. The molecule has 0 fully saturated rings. The van der Waals surface area contributed by atoms with E-state index in [0.29, 0.717) is 5.56 Å². The molecule has 4 nitrogen and oxygen atoms in total. The molecule has 8 heteroatoms. The van der Waals surface area contributed by atoms with Gasteiger partial charge < -0.3 is 14.8 Å². The zero-order valence-electron chi connectivity index (χ0n) is 12.6. The van der Waals surface area contributed by atoms with Crippen LogP contribution in [0.2, 0.25) is 0 Å². The molecule has 2 aromatic carbocycles. The first kappa shape index (κ1) is 16.8. The highest BCUT2D eigenvalue weighted by Crippen LogP contribution is 2.39. The number of benzene rings is 2. The largest absolute Gasteiger partial charge is 0.454 e. The van der Waals surface area contributed by atoms with E-state index < -0.39 is 3.79 Å². The van der Waals surface area contributed by atoms with Gasteiger partial charge in [-0.15, -0.1) is 11.3 Å².